The lowest BCUT2D eigenvalue weighted by Gasteiger charge is -2.32. The molecule has 2 aromatic rings. The van der Waals surface area contributed by atoms with Crippen LogP contribution in [0.25, 0.3) is 5.70 Å². The van der Waals surface area contributed by atoms with Crippen molar-refractivity contribution in [2.75, 3.05) is 27.0 Å². The predicted octanol–water partition coefficient (Wildman–Crippen LogP) is 4.75. The van der Waals surface area contributed by atoms with E-state index >= 15 is 0 Å². The molecule has 0 unspecified atom stereocenters. The molecule has 0 N–H and O–H groups in total. The van der Waals surface area contributed by atoms with Crippen LogP contribution in [0.4, 0.5) is 0 Å². The molecule has 1 amide bonds. The van der Waals surface area contributed by atoms with E-state index in [0.29, 0.717) is 40.7 Å². The van der Waals surface area contributed by atoms with Crippen LogP contribution in [-0.4, -0.2) is 37.8 Å². The molecule has 4 nitrogen and oxygen atoms in total. The van der Waals surface area contributed by atoms with Crippen molar-refractivity contribution in [3.63, 3.8) is 0 Å². The van der Waals surface area contributed by atoms with Crippen LogP contribution in [0.5, 0.6) is 11.5 Å². The largest absolute Gasteiger partial charge is 0.493 e. The maximum absolute atomic E-state index is 13.1. The van der Waals surface area contributed by atoms with Crippen LogP contribution in [0, 0.1) is 0 Å². The van der Waals surface area contributed by atoms with Gasteiger partial charge in [0.05, 0.1) is 24.8 Å². The van der Waals surface area contributed by atoms with Crippen LogP contribution < -0.4 is 9.47 Å². The number of carbonyl (C=O) groups excluding carboxylic acids is 1. The second kappa shape index (κ2) is 7.64. The van der Waals surface area contributed by atoms with Crippen molar-refractivity contribution < 1.29 is 14.3 Å². The Kier molecular flexibility index (Phi) is 5.49. The zero-order valence-electron chi connectivity index (χ0n) is 15.0. The molecule has 3 rings (SSSR count). The number of hydrogen-bond acceptors (Lipinski definition) is 4. The van der Waals surface area contributed by atoms with Gasteiger partial charge in [0.1, 0.15) is 0 Å². The molecular formula is C20H20ClNO3S. The number of halogens is 1. The summed E-state index contributed by atoms with van der Waals surface area (Å²) in [7, 11) is 3.20. The van der Waals surface area contributed by atoms with Crippen molar-refractivity contribution >= 4 is 35.0 Å². The Hall–Kier alpha value is -2.11. The van der Waals surface area contributed by atoms with Crippen LogP contribution in [0.15, 0.2) is 41.8 Å². The van der Waals surface area contributed by atoms with Gasteiger partial charge in [0.15, 0.2) is 11.5 Å². The number of benzene rings is 2. The first kappa shape index (κ1) is 18.7. The first-order valence-corrected chi connectivity index (χ1v) is 9.70. The van der Waals surface area contributed by atoms with Gasteiger partial charge in [-0.2, -0.15) is 0 Å². The molecule has 0 spiro atoms. The number of rotatable bonds is 4. The average Bonchev–Trinajstić information content (AvgIpc) is 2.67. The summed E-state index contributed by atoms with van der Waals surface area (Å²) in [6, 6.07) is 9.31. The fourth-order valence-corrected chi connectivity index (χ4v) is 3.71. The van der Waals surface area contributed by atoms with Crippen molar-refractivity contribution in [1.29, 1.82) is 0 Å². The topological polar surface area (TPSA) is 38.8 Å². The van der Waals surface area contributed by atoms with E-state index in [0.717, 1.165) is 16.0 Å². The molecule has 0 radical (unpaired) electrons. The summed E-state index contributed by atoms with van der Waals surface area (Å²) in [6.07, 6.45) is 2.67. The standard InChI is InChI=1S/C20H20ClNO3S/c1-12-15-11-19(25-3)18(24-2)9-13(15)7-8-22(12)20(23)16-10-14(26-4)5-6-17(16)21/h5-6,9-11H,1,7-8H2,2-4H3. The van der Waals surface area contributed by atoms with E-state index in [1.165, 1.54) is 0 Å². The molecule has 0 aliphatic carbocycles. The molecule has 0 bridgehead atoms. The second-order valence-electron chi connectivity index (χ2n) is 5.86. The number of ether oxygens (including phenoxy) is 2. The zero-order valence-corrected chi connectivity index (χ0v) is 16.5. The molecule has 1 heterocycles. The van der Waals surface area contributed by atoms with E-state index in [9.17, 15) is 4.79 Å². The number of carbonyl (C=O) groups is 1. The van der Waals surface area contributed by atoms with Gasteiger partial charge < -0.3 is 14.4 Å². The van der Waals surface area contributed by atoms with E-state index in [1.54, 1.807) is 36.9 Å². The lowest BCUT2D eigenvalue weighted by Crippen LogP contribution is -2.34. The minimum atomic E-state index is -0.142. The van der Waals surface area contributed by atoms with Crippen molar-refractivity contribution in [1.82, 2.24) is 4.90 Å². The highest BCUT2D eigenvalue weighted by Gasteiger charge is 2.28. The summed E-state index contributed by atoms with van der Waals surface area (Å²) >= 11 is 7.85. The Balaban J connectivity index is 1.97. The van der Waals surface area contributed by atoms with Gasteiger partial charge in [-0.3, -0.25) is 4.79 Å². The summed E-state index contributed by atoms with van der Waals surface area (Å²) < 4.78 is 10.8. The zero-order chi connectivity index (χ0) is 18.8. The minimum absolute atomic E-state index is 0.142. The van der Waals surface area contributed by atoms with Crippen LogP contribution in [0.1, 0.15) is 21.5 Å². The molecule has 1 aliphatic heterocycles. The second-order valence-corrected chi connectivity index (χ2v) is 7.15. The van der Waals surface area contributed by atoms with Crippen LogP contribution >= 0.6 is 23.4 Å². The smallest absolute Gasteiger partial charge is 0.259 e. The Morgan fingerprint density at radius 1 is 1.19 bits per heavy atom. The molecule has 136 valence electrons. The molecule has 0 atom stereocenters. The number of thioether (sulfide) groups is 1. The van der Waals surface area contributed by atoms with Gasteiger partial charge in [-0.25, -0.2) is 0 Å². The van der Waals surface area contributed by atoms with E-state index in [4.69, 9.17) is 21.1 Å². The summed E-state index contributed by atoms with van der Waals surface area (Å²) in [6.45, 7) is 4.69. The molecule has 0 aromatic heterocycles. The summed E-state index contributed by atoms with van der Waals surface area (Å²) in [5.74, 6) is 1.15. The molecule has 6 heteroatoms. The highest BCUT2D eigenvalue weighted by molar-refractivity contribution is 7.98. The van der Waals surface area contributed by atoms with Gasteiger partial charge in [-0.15, -0.1) is 11.8 Å². The van der Waals surface area contributed by atoms with E-state index in [-0.39, 0.29) is 5.91 Å². The number of nitrogens with zero attached hydrogens (tertiary/aromatic N) is 1. The molecule has 0 fully saturated rings. The monoisotopic (exact) mass is 389 g/mol. The highest BCUT2D eigenvalue weighted by atomic mass is 35.5. The number of fused-ring (bicyclic) bond motifs is 1. The number of methoxy groups -OCH3 is 2. The molecule has 26 heavy (non-hydrogen) atoms. The van der Waals surface area contributed by atoms with Gasteiger partial charge >= 0.3 is 0 Å². The third-order valence-corrected chi connectivity index (χ3v) is 5.55. The average molecular weight is 390 g/mol. The first-order chi connectivity index (χ1) is 12.5. The Bertz CT molecular complexity index is 882. The van der Waals surface area contributed by atoms with E-state index in [2.05, 4.69) is 6.58 Å². The van der Waals surface area contributed by atoms with Crippen LogP contribution in [0.2, 0.25) is 5.02 Å². The van der Waals surface area contributed by atoms with Gasteiger partial charge in [0, 0.05) is 22.7 Å². The first-order valence-electron chi connectivity index (χ1n) is 8.09. The normalized spacial score (nSPS) is 13.4. The van der Waals surface area contributed by atoms with Gasteiger partial charge in [0.25, 0.3) is 5.91 Å². The SMILES string of the molecule is C=C1c2cc(OC)c(OC)cc2CCN1C(=O)c1cc(SC)ccc1Cl. The Morgan fingerprint density at radius 3 is 2.54 bits per heavy atom. The van der Waals surface area contributed by atoms with Crippen LogP contribution in [-0.2, 0) is 6.42 Å². The van der Waals surface area contributed by atoms with Crippen molar-refractivity contribution in [2.45, 2.75) is 11.3 Å². The third kappa shape index (κ3) is 3.29. The number of amides is 1. The Labute approximate surface area is 162 Å². The van der Waals surface area contributed by atoms with E-state index < -0.39 is 0 Å². The molecular weight excluding hydrogens is 370 g/mol. The maximum atomic E-state index is 13.1. The van der Waals surface area contributed by atoms with Gasteiger partial charge in [0.2, 0.25) is 0 Å². The summed E-state index contributed by atoms with van der Waals surface area (Å²) in [5.41, 5.74) is 3.10. The quantitative estimate of drug-likeness (QED) is 0.707. The Morgan fingerprint density at radius 2 is 1.88 bits per heavy atom. The van der Waals surface area contributed by atoms with Gasteiger partial charge in [-0.05, 0) is 48.6 Å². The summed E-state index contributed by atoms with van der Waals surface area (Å²) in [4.78, 5) is 15.8. The molecule has 0 saturated heterocycles. The fourth-order valence-electron chi connectivity index (χ4n) is 3.07. The van der Waals surface area contributed by atoms with E-state index in [1.807, 2.05) is 30.5 Å². The van der Waals surface area contributed by atoms with Gasteiger partial charge in [-0.1, -0.05) is 18.2 Å². The lowest BCUT2D eigenvalue weighted by molar-refractivity contribution is 0.0833. The molecule has 0 saturated carbocycles. The predicted molar refractivity (Wildman–Crippen MR) is 107 cm³/mol. The van der Waals surface area contributed by atoms with Crippen LogP contribution in [0.3, 0.4) is 0 Å². The fraction of sp³-hybridized carbons (Fsp3) is 0.250. The third-order valence-electron chi connectivity index (χ3n) is 4.50. The summed E-state index contributed by atoms with van der Waals surface area (Å²) in [5, 5.41) is 0.443. The minimum Gasteiger partial charge on any atom is -0.493 e. The van der Waals surface area contributed by atoms with Crippen molar-refractivity contribution in [3.05, 3.63) is 58.6 Å². The molecule has 1 aliphatic rings. The lowest BCUT2D eigenvalue weighted by atomic mass is 9.95. The van der Waals surface area contributed by atoms with Crippen molar-refractivity contribution in [2.24, 2.45) is 0 Å². The maximum Gasteiger partial charge on any atom is 0.259 e. The molecule has 2 aromatic carbocycles. The van der Waals surface area contributed by atoms with Crippen molar-refractivity contribution in [3.8, 4) is 11.5 Å². The highest BCUT2D eigenvalue weighted by Crippen LogP contribution is 2.38. The number of hydrogen-bond donors (Lipinski definition) is 0.